The van der Waals surface area contributed by atoms with Crippen molar-refractivity contribution >= 4 is 5.69 Å². The van der Waals surface area contributed by atoms with Crippen molar-refractivity contribution < 1.29 is 17.9 Å². The average Bonchev–Trinajstić information content (AvgIpc) is 2.43. The highest BCUT2D eigenvalue weighted by atomic mass is 19.4. The third-order valence-corrected chi connectivity index (χ3v) is 3.76. The normalized spacial score (nSPS) is 22.7. The van der Waals surface area contributed by atoms with E-state index in [1.54, 1.807) is 0 Å². The third-order valence-electron chi connectivity index (χ3n) is 3.76. The van der Waals surface area contributed by atoms with E-state index in [2.05, 4.69) is 0 Å². The van der Waals surface area contributed by atoms with Crippen molar-refractivity contribution in [1.82, 2.24) is 0 Å². The van der Waals surface area contributed by atoms with Gasteiger partial charge in [0.2, 0.25) is 0 Å². The van der Waals surface area contributed by atoms with Crippen molar-refractivity contribution in [2.75, 3.05) is 24.6 Å². The molecule has 6 heteroatoms. The Balaban J connectivity index is 2.01. The minimum absolute atomic E-state index is 0.225. The molecule has 0 aromatic heterocycles. The number of nitrogens with two attached hydrogens (primary N) is 1. The zero-order valence-corrected chi connectivity index (χ0v) is 12.8. The molecule has 0 bridgehead atoms. The Bertz CT molecular complexity index is 461. The lowest BCUT2D eigenvalue weighted by molar-refractivity contribution is -0.145. The molecule has 3 nitrogen and oxygen atoms in total. The molecule has 0 amide bonds. The van der Waals surface area contributed by atoms with Gasteiger partial charge < -0.3 is 15.4 Å². The number of benzene rings is 1. The Labute approximate surface area is 129 Å². The molecule has 22 heavy (non-hydrogen) atoms. The molecule has 0 saturated carbocycles. The Hall–Kier alpha value is -1.43. The van der Waals surface area contributed by atoms with E-state index in [9.17, 15) is 13.2 Å². The molecule has 1 aromatic rings. The fraction of sp³-hybridized carbons (Fsp3) is 0.625. The first-order valence-corrected chi connectivity index (χ1v) is 7.67. The Morgan fingerprint density at radius 3 is 2.50 bits per heavy atom. The second-order valence-electron chi connectivity index (χ2n) is 5.93. The molecule has 1 aliphatic heterocycles. The van der Waals surface area contributed by atoms with Gasteiger partial charge in [0, 0.05) is 31.2 Å². The van der Waals surface area contributed by atoms with E-state index >= 15 is 0 Å². The van der Waals surface area contributed by atoms with Gasteiger partial charge in [-0.25, -0.2) is 0 Å². The number of anilines is 1. The zero-order valence-electron chi connectivity index (χ0n) is 12.8. The van der Waals surface area contributed by atoms with Crippen LogP contribution in [0.15, 0.2) is 24.3 Å². The molecule has 1 saturated heterocycles. The number of piperidine rings is 1. The van der Waals surface area contributed by atoms with Crippen molar-refractivity contribution in [2.24, 2.45) is 11.7 Å². The predicted molar refractivity (Wildman–Crippen MR) is 81.2 cm³/mol. The Morgan fingerprint density at radius 1 is 1.23 bits per heavy atom. The van der Waals surface area contributed by atoms with Gasteiger partial charge in [-0.15, -0.1) is 0 Å². The predicted octanol–water partition coefficient (Wildman–Crippen LogP) is 3.58. The molecule has 124 valence electrons. The van der Waals surface area contributed by atoms with Crippen LogP contribution >= 0.6 is 0 Å². The molecule has 2 unspecified atom stereocenters. The number of hydrogen-bond acceptors (Lipinski definition) is 3. The maximum absolute atomic E-state index is 12.6. The van der Waals surface area contributed by atoms with Crippen LogP contribution in [0.1, 0.15) is 26.2 Å². The summed E-state index contributed by atoms with van der Waals surface area (Å²) in [5.74, 6) is 0.332. The second-order valence-corrected chi connectivity index (χ2v) is 5.93. The van der Waals surface area contributed by atoms with Gasteiger partial charge in [-0.05, 0) is 43.0 Å². The highest BCUT2D eigenvalue weighted by Crippen LogP contribution is 2.32. The number of nitrogens with zero attached hydrogens (tertiary/aromatic N) is 1. The molecule has 1 aromatic carbocycles. The van der Waals surface area contributed by atoms with Crippen molar-refractivity contribution in [1.29, 1.82) is 0 Å². The molecule has 1 aliphatic rings. The number of rotatable bonds is 5. The molecule has 0 spiro atoms. The SMILES string of the molecule is CCCOc1ccc(N2CC(N)CC(CC(F)(F)F)C2)cc1. The molecule has 0 aliphatic carbocycles. The van der Waals surface area contributed by atoms with E-state index in [-0.39, 0.29) is 6.04 Å². The first-order chi connectivity index (χ1) is 10.4. The minimum Gasteiger partial charge on any atom is -0.494 e. The monoisotopic (exact) mass is 316 g/mol. The second kappa shape index (κ2) is 7.22. The Kier molecular flexibility index (Phi) is 5.56. The number of alkyl halides is 3. The van der Waals surface area contributed by atoms with Crippen molar-refractivity contribution in [3.63, 3.8) is 0 Å². The molecule has 1 fully saturated rings. The summed E-state index contributed by atoms with van der Waals surface area (Å²) in [4.78, 5) is 1.94. The molecule has 2 rings (SSSR count). The molecule has 0 radical (unpaired) electrons. The first kappa shape index (κ1) is 16.9. The van der Waals surface area contributed by atoms with Crippen LogP contribution in [0.3, 0.4) is 0 Å². The zero-order chi connectivity index (χ0) is 16.2. The van der Waals surface area contributed by atoms with Gasteiger partial charge in [-0.1, -0.05) is 6.92 Å². The molecular weight excluding hydrogens is 293 g/mol. The maximum atomic E-state index is 12.6. The summed E-state index contributed by atoms with van der Waals surface area (Å²) >= 11 is 0. The van der Waals surface area contributed by atoms with Gasteiger partial charge in [-0.2, -0.15) is 13.2 Å². The van der Waals surface area contributed by atoms with E-state index in [0.29, 0.717) is 26.1 Å². The summed E-state index contributed by atoms with van der Waals surface area (Å²) in [6, 6.07) is 7.24. The van der Waals surface area contributed by atoms with Crippen LogP contribution in [0.2, 0.25) is 0 Å². The summed E-state index contributed by atoms with van der Waals surface area (Å²) < 4.78 is 43.3. The van der Waals surface area contributed by atoms with E-state index < -0.39 is 18.5 Å². The van der Waals surface area contributed by atoms with Gasteiger partial charge in [-0.3, -0.25) is 0 Å². The molecular formula is C16H23F3N2O. The fourth-order valence-corrected chi connectivity index (χ4v) is 2.91. The lowest BCUT2D eigenvalue weighted by Gasteiger charge is -2.38. The molecule has 2 N–H and O–H groups in total. The largest absolute Gasteiger partial charge is 0.494 e. The highest BCUT2D eigenvalue weighted by molar-refractivity contribution is 5.49. The van der Waals surface area contributed by atoms with Crippen LogP contribution < -0.4 is 15.4 Å². The Morgan fingerprint density at radius 2 is 1.91 bits per heavy atom. The smallest absolute Gasteiger partial charge is 0.389 e. The van der Waals surface area contributed by atoms with Gasteiger partial charge in [0.05, 0.1) is 6.61 Å². The van der Waals surface area contributed by atoms with Crippen LogP contribution in [-0.4, -0.2) is 31.9 Å². The summed E-state index contributed by atoms with van der Waals surface area (Å²) in [7, 11) is 0. The summed E-state index contributed by atoms with van der Waals surface area (Å²) in [6.45, 7) is 3.66. The van der Waals surface area contributed by atoms with E-state index in [4.69, 9.17) is 10.5 Å². The molecule has 1 heterocycles. The van der Waals surface area contributed by atoms with Gasteiger partial charge in [0.1, 0.15) is 5.75 Å². The lowest BCUT2D eigenvalue weighted by Crippen LogP contribution is -2.48. The van der Waals surface area contributed by atoms with Crippen molar-refractivity contribution in [2.45, 2.75) is 38.4 Å². The van der Waals surface area contributed by atoms with E-state index in [0.717, 1.165) is 17.9 Å². The first-order valence-electron chi connectivity index (χ1n) is 7.67. The quantitative estimate of drug-likeness (QED) is 0.902. The number of hydrogen-bond donors (Lipinski definition) is 1. The van der Waals surface area contributed by atoms with E-state index in [1.165, 1.54) is 0 Å². The third kappa shape index (κ3) is 5.09. The standard InChI is InChI=1S/C16H23F3N2O/c1-2-7-22-15-5-3-14(4-6-15)21-10-12(8-13(20)11-21)9-16(17,18)19/h3-6,12-13H,2,7-11,20H2,1H3. The van der Waals surface area contributed by atoms with Gasteiger partial charge in [0.15, 0.2) is 0 Å². The fourth-order valence-electron chi connectivity index (χ4n) is 2.91. The maximum Gasteiger partial charge on any atom is 0.389 e. The topological polar surface area (TPSA) is 38.5 Å². The van der Waals surface area contributed by atoms with Crippen LogP contribution in [0.4, 0.5) is 18.9 Å². The lowest BCUT2D eigenvalue weighted by atomic mass is 9.91. The summed E-state index contributed by atoms with van der Waals surface area (Å²) in [6.07, 6.45) is -3.55. The van der Waals surface area contributed by atoms with Crippen LogP contribution in [-0.2, 0) is 0 Å². The van der Waals surface area contributed by atoms with Gasteiger partial charge >= 0.3 is 6.18 Å². The highest BCUT2D eigenvalue weighted by Gasteiger charge is 2.35. The number of ether oxygens (including phenoxy) is 1. The minimum atomic E-state index is -4.13. The number of halogens is 3. The van der Waals surface area contributed by atoms with Crippen LogP contribution in [0.25, 0.3) is 0 Å². The van der Waals surface area contributed by atoms with Crippen LogP contribution in [0, 0.1) is 5.92 Å². The van der Waals surface area contributed by atoms with Crippen LogP contribution in [0.5, 0.6) is 5.75 Å². The summed E-state index contributed by atoms with van der Waals surface area (Å²) in [5.41, 5.74) is 6.83. The van der Waals surface area contributed by atoms with Gasteiger partial charge in [0.25, 0.3) is 0 Å². The summed E-state index contributed by atoms with van der Waals surface area (Å²) in [5, 5.41) is 0. The average molecular weight is 316 g/mol. The van der Waals surface area contributed by atoms with Crippen molar-refractivity contribution in [3.05, 3.63) is 24.3 Å². The molecule has 2 atom stereocenters. The van der Waals surface area contributed by atoms with E-state index in [1.807, 2.05) is 36.1 Å². The van der Waals surface area contributed by atoms with Crippen molar-refractivity contribution in [3.8, 4) is 5.75 Å².